The summed E-state index contributed by atoms with van der Waals surface area (Å²) in [6.07, 6.45) is 9.28. The first kappa shape index (κ1) is 18.5. The van der Waals surface area contributed by atoms with Crippen LogP contribution in [0.4, 0.5) is 0 Å². The topological polar surface area (TPSA) is 57.5 Å². The van der Waals surface area contributed by atoms with Crippen LogP contribution in [0.5, 0.6) is 0 Å². The number of aliphatic hydroxyl groups is 1. The van der Waals surface area contributed by atoms with Crippen LogP contribution in [-0.4, -0.2) is 22.8 Å². The predicted molar refractivity (Wildman–Crippen MR) is 93.2 cm³/mol. The van der Waals surface area contributed by atoms with Crippen LogP contribution < -0.4 is 0 Å². The highest BCUT2D eigenvalue weighted by molar-refractivity contribution is 5.78. The summed E-state index contributed by atoms with van der Waals surface area (Å²) in [6, 6.07) is 0. The van der Waals surface area contributed by atoms with Gasteiger partial charge < -0.3 is 10.2 Å². The molecular formula is C20H34O3. The summed E-state index contributed by atoms with van der Waals surface area (Å²) in [5.41, 5.74) is 0.720. The third-order valence-electron chi connectivity index (χ3n) is 7.07. The molecule has 2 aliphatic carbocycles. The molecule has 2 rings (SSSR count). The lowest BCUT2D eigenvalue weighted by Gasteiger charge is -2.53. The molecule has 0 radical (unpaired) electrons. The Morgan fingerprint density at radius 1 is 1.39 bits per heavy atom. The largest absolute Gasteiger partial charge is 0.481 e. The summed E-state index contributed by atoms with van der Waals surface area (Å²) < 4.78 is 0. The molecule has 2 N–H and O–H groups in total. The van der Waals surface area contributed by atoms with Crippen molar-refractivity contribution in [1.29, 1.82) is 0 Å². The summed E-state index contributed by atoms with van der Waals surface area (Å²) in [4.78, 5) is 11.9. The number of carbonyl (C=O) groups is 1. The van der Waals surface area contributed by atoms with Gasteiger partial charge in [0.1, 0.15) is 0 Å². The third-order valence-corrected chi connectivity index (χ3v) is 7.07. The molecule has 3 heteroatoms. The highest BCUT2D eigenvalue weighted by atomic mass is 16.4. The van der Waals surface area contributed by atoms with Gasteiger partial charge in [-0.05, 0) is 62.2 Å². The molecule has 0 amide bonds. The molecule has 23 heavy (non-hydrogen) atoms. The van der Waals surface area contributed by atoms with Gasteiger partial charge in [-0.3, -0.25) is 4.79 Å². The maximum absolute atomic E-state index is 11.9. The zero-order valence-corrected chi connectivity index (χ0v) is 15.3. The second-order valence-electron chi connectivity index (χ2n) is 8.54. The van der Waals surface area contributed by atoms with Gasteiger partial charge in [0.05, 0.1) is 5.41 Å². The fraction of sp³-hybridized carbons (Fsp3) is 0.850. The standard InChI is InChI=1S/C20H34O3/c1-14(10-13-21)9-12-19(3)15(2)7-8-17-16(19)6-5-11-20(17,4)18(22)23/h8,14-16,21H,5-7,9-13H2,1-4H3,(H,22,23)/t14-,15+,16-,19-,20+/m1/s1. The Kier molecular flexibility index (Phi) is 5.60. The van der Waals surface area contributed by atoms with Gasteiger partial charge in [-0.2, -0.15) is 0 Å². The number of hydrogen-bond acceptors (Lipinski definition) is 2. The van der Waals surface area contributed by atoms with Crippen molar-refractivity contribution >= 4 is 5.97 Å². The Morgan fingerprint density at radius 3 is 2.70 bits per heavy atom. The van der Waals surface area contributed by atoms with Crippen LogP contribution in [0, 0.1) is 28.6 Å². The van der Waals surface area contributed by atoms with Crippen LogP contribution in [0.2, 0.25) is 0 Å². The molecule has 0 spiro atoms. The van der Waals surface area contributed by atoms with E-state index in [4.69, 9.17) is 5.11 Å². The first-order valence-electron chi connectivity index (χ1n) is 9.30. The minimum atomic E-state index is -0.666. The third kappa shape index (κ3) is 3.35. The molecule has 1 saturated carbocycles. The maximum atomic E-state index is 11.9. The van der Waals surface area contributed by atoms with E-state index in [1.807, 2.05) is 6.92 Å². The van der Waals surface area contributed by atoms with E-state index in [0.29, 0.717) is 17.8 Å². The molecule has 0 aromatic rings. The van der Waals surface area contributed by atoms with E-state index >= 15 is 0 Å². The van der Waals surface area contributed by atoms with Crippen molar-refractivity contribution in [3.8, 4) is 0 Å². The van der Waals surface area contributed by atoms with Crippen LogP contribution in [0.15, 0.2) is 11.6 Å². The Bertz CT molecular complexity index is 470. The van der Waals surface area contributed by atoms with Gasteiger partial charge in [0.2, 0.25) is 0 Å². The van der Waals surface area contributed by atoms with E-state index < -0.39 is 11.4 Å². The molecule has 3 nitrogen and oxygen atoms in total. The van der Waals surface area contributed by atoms with Gasteiger partial charge in [0.25, 0.3) is 0 Å². The minimum Gasteiger partial charge on any atom is -0.481 e. The normalized spacial score (nSPS) is 38.6. The van der Waals surface area contributed by atoms with E-state index in [0.717, 1.165) is 44.9 Å². The lowest BCUT2D eigenvalue weighted by molar-refractivity contribution is -0.148. The van der Waals surface area contributed by atoms with Crippen molar-refractivity contribution < 1.29 is 15.0 Å². The number of aliphatic hydroxyl groups excluding tert-OH is 1. The molecule has 132 valence electrons. The zero-order valence-electron chi connectivity index (χ0n) is 15.3. The van der Waals surface area contributed by atoms with Crippen LogP contribution in [-0.2, 0) is 4.79 Å². The van der Waals surface area contributed by atoms with Gasteiger partial charge in [0.15, 0.2) is 0 Å². The van der Waals surface area contributed by atoms with E-state index in [-0.39, 0.29) is 12.0 Å². The Labute approximate surface area is 141 Å². The highest BCUT2D eigenvalue weighted by Crippen LogP contribution is 2.58. The van der Waals surface area contributed by atoms with Crippen LogP contribution in [0.25, 0.3) is 0 Å². The van der Waals surface area contributed by atoms with E-state index in [1.54, 1.807) is 0 Å². The predicted octanol–water partition coefficient (Wildman–Crippen LogP) is 4.65. The van der Waals surface area contributed by atoms with Gasteiger partial charge in [-0.15, -0.1) is 0 Å². The molecule has 0 aliphatic heterocycles. The van der Waals surface area contributed by atoms with Gasteiger partial charge in [0, 0.05) is 6.61 Å². The Morgan fingerprint density at radius 2 is 2.09 bits per heavy atom. The second kappa shape index (κ2) is 6.96. The minimum absolute atomic E-state index is 0.185. The molecule has 1 fully saturated rings. The molecule has 0 bridgehead atoms. The van der Waals surface area contributed by atoms with Gasteiger partial charge >= 0.3 is 5.97 Å². The molecule has 0 heterocycles. The van der Waals surface area contributed by atoms with E-state index in [1.165, 1.54) is 5.57 Å². The SMILES string of the molecule is C[C@@H](CCO)CC[C@@]1(C)[C@@H]2CCC[C@](C)(C(=O)O)C2=CC[C@@H]1C. The van der Waals surface area contributed by atoms with Crippen molar-refractivity contribution in [2.45, 2.75) is 72.6 Å². The fourth-order valence-corrected chi connectivity index (χ4v) is 4.89. The molecule has 0 unspecified atom stereocenters. The zero-order chi connectivity index (χ0) is 17.3. The first-order valence-corrected chi connectivity index (χ1v) is 9.30. The lowest BCUT2D eigenvalue weighted by atomic mass is 9.51. The summed E-state index contributed by atoms with van der Waals surface area (Å²) in [6.45, 7) is 9.12. The Balaban J connectivity index is 2.24. The summed E-state index contributed by atoms with van der Waals surface area (Å²) in [7, 11) is 0. The highest BCUT2D eigenvalue weighted by Gasteiger charge is 2.52. The average Bonchev–Trinajstić information content (AvgIpc) is 2.50. The molecule has 5 atom stereocenters. The van der Waals surface area contributed by atoms with Crippen molar-refractivity contribution in [3.05, 3.63) is 11.6 Å². The molecule has 0 aromatic carbocycles. The number of rotatable bonds is 6. The summed E-state index contributed by atoms with van der Waals surface area (Å²) >= 11 is 0. The smallest absolute Gasteiger partial charge is 0.313 e. The van der Waals surface area contributed by atoms with Crippen molar-refractivity contribution in [3.63, 3.8) is 0 Å². The molecule has 0 saturated heterocycles. The van der Waals surface area contributed by atoms with Crippen molar-refractivity contribution in [2.75, 3.05) is 6.61 Å². The average molecular weight is 322 g/mol. The van der Waals surface area contributed by atoms with Crippen molar-refractivity contribution in [2.24, 2.45) is 28.6 Å². The van der Waals surface area contributed by atoms with Crippen LogP contribution >= 0.6 is 0 Å². The van der Waals surface area contributed by atoms with Crippen LogP contribution in [0.3, 0.4) is 0 Å². The van der Waals surface area contributed by atoms with E-state index in [2.05, 4.69) is 26.8 Å². The monoisotopic (exact) mass is 322 g/mol. The quantitative estimate of drug-likeness (QED) is 0.700. The van der Waals surface area contributed by atoms with Gasteiger partial charge in [-0.25, -0.2) is 0 Å². The summed E-state index contributed by atoms with van der Waals surface area (Å²) in [5, 5.41) is 18.9. The van der Waals surface area contributed by atoms with Crippen molar-refractivity contribution in [1.82, 2.24) is 0 Å². The van der Waals surface area contributed by atoms with Crippen LogP contribution in [0.1, 0.15) is 72.6 Å². The number of carboxylic acids is 1. The fourth-order valence-electron chi connectivity index (χ4n) is 4.89. The van der Waals surface area contributed by atoms with Gasteiger partial charge in [-0.1, -0.05) is 45.3 Å². The molecule has 2 aliphatic rings. The number of carboxylic acid groups (broad SMARTS) is 1. The first-order chi connectivity index (χ1) is 10.8. The number of allylic oxidation sites excluding steroid dienone is 1. The summed E-state index contributed by atoms with van der Waals surface area (Å²) in [5.74, 6) is 0.878. The lowest BCUT2D eigenvalue weighted by Crippen LogP contribution is -2.47. The Hall–Kier alpha value is -0.830. The number of hydrogen-bond donors (Lipinski definition) is 2. The number of fused-ring (bicyclic) bond motifs is 1. The second-order valence-corrected chi connectivity index (χ2v) is 8.54. The van der Waals surface area contributed by atoms with E-state index in [9.17, 15) is 9.90 Å². The number of aliphatic carboxylic acids is 1. The molecular weight excluding hydrogens is 288 g/mol. The molecule has 0 aromatic heterocycles. The maximum Gasteiger partial charge on any atom is 0.313 e.